The highest BCUT2D eigenvalue weighted by Gasteiger charge is 2.28. The molecule has 2 aromatic carbocycles. The van der Waals surface area contributed by atoms with Gasteiger partial charge in [0, 0.05) is 0 Å². The summed E-state index contributed by atoms with van der Waals surface area (Å²) in [5.41, 5.74) is 2.60. The second-order valence-electron chi connectivity index (χ2n) is 6.92. The molecule has 29 heavy (non-hydrogen) atoms. The summed E-state index contributed by atoms with van der Waals surface area (Å²) < 4.78 is 5.77. The highest BCUT2D eigenvalue weighted by atomic mass is 35.5. The van der Waals surface area contributed by atoms with Crippen LogP contribution >= 0.6 is 23.2 Å². The van der Waals surface area contributed by atoms with E-state index in [1.54, 1.807) is 18.2 Å². The fourth-order valence-electron chi connectivity index (χ4n) is 3.10. The van der Waals surface area contributed by atoms with Gasteiger partial charge in [-0.15, -0.1) is 0 Å². The van der Waals surface area contributed by atoms with Crippen LogP contribution in [-0.4, -0.2) is 18.2 Å². The zero-order valence-corrected chi connectivity index (χ0v) is 18.1. The van der Waals surface area contributed by atoms with Gasteiger partial charge in [0.15, 0.2) is 5.75 Å². The van der Waals surface area contributed by atoms with Crippen LogP contribution in [0.1, 0.15) is 45.1 Å². The number of hydrogen-bond acceptors (Lipinski definition) is 3. The van der Waals surface area contributed by atoms with Crippen LogP contribution in [0.2, 0.25) is 10.0 Å². The summed E-state index contributed by atoms with van der Waals surface area (Å²) in [7, 11) is 0. The topological polar surface area (TPSA) is 41.9 Å². The van der Waals surface area contributed by atoms with Gasteiger partial charge in [0.1, 0.15) is 0 Å². The molecule has 0 bridgehead atoms. The van der Waals surface area contributed by atoms with Crippen LogP contribution in [0.4, 0.5) is 5.69 Å². The van der Waals surface area contributed by atoms with Crippen molar-refractivity contribution in [3.63, 3.8) is 0 Å². The van der Waals surface area contributed by atoms with Crippen LogP contribution in [0, 0.1) is 0 Å². The summed E-state index contributed by atoms with van der Waals surface area (Å²) in [4.78, 5) is 12.8. The molecular formula is C23H24Cl2N2O2. The molecule has 0 aromatic heterocycles. The van der Waals surface area contributed by atoms with Crippen molar-refractivity contribution in [1.82, 2.24) is 0 Å². The first-order chi connectivity index (χ1) is 14.0. The number of ether oxygens (including phenoxy) is 1. The summed E-state index contributed by atoms with van der Waals surface area (Å²) in [6.07, 6.45) is 6.20. The standard InChI is InChI=1S/C23H24Cl2N2O2/c1-3-4-5-9-12-29-22-20(24)14-17(15-21(22)25)13-19-16(2)26-27(23(19)28)18-10-7-6-8-11-18/h6-8,10-11,13-15H,3-5,9,12H2,1-2H3. The van der Waals surface area contributed by atoms with E-state index in [0.717, 1.165) is 24.1 Å². The monoisotopic (exact) mass is 430 g/mol. The average Bonchev–Trinajstić information content (AvgIpc) is 2.98. The first kappa shape index (κ1) is 21.4. The molecule has 0 N–H and O–H groups in total. The van der Waals surface area contributed by atoms with Crippen molar-refractivity contribution in [1.29, 1.82) is 0 Å². The van der Waals surface area contributed by atoms with E-state index in [4.69, 9.17) is 27.9 Å². The van der Waals surface area contributed by atoms with Crippen molar-refractivity contribution in [2.24, 2.45) is 5.10 Å². The van der Waals surface area contributed by atoms with Crippen molar-refractivity contribution in [3.8, 4) is 5.75 Å². The SMILES string of the molecule is CCCCCCOc1c(Cl)cc(C=C2C(=O)N(c3ccccc3)N=C2C)cc1Cl. The zero-order valence-electron chi connectivity index (χ0n) is 16.6. The average molecular weight is 431 g/mol. The number of anilines is 1. The Morgan fingerprint density at radius 1 is 1.07 bits per heavy atom. The van der Waals surface area contributed by atoms with Crippen LogP contribution in [0.15, 0.2) is 53.1 Å². The molecule has 0 unspecified atom stereocenters. The van der Waals surface area contributed by atoms with Gasteiger partial charge >= 0.3 is 0 Å². The number of nitrogens with zero attached hydrogens (tertiary/aromatic N) is 2. The number of rotatable bonds is 8. The van der Waals surface area contributed by atoms with Gasteiger partial charge in [-0.05, 0) is 49.2 Å². The van der Waals surface area contributed by atoms with Gasteiger partial charge in [-0.3, -0.25) is 4.79 Å². The summed E-state index contributed by atoms with van der Waals surface area (Å²) >= 11 is 12.8. The lowest BCUT2D eigenvalue weighted by atomic mass is 10.1. The van der Waals surface area contributed by atoms with Crippen molar-refractivity contribution in [2.45, 2.75) is 39.5 Å². The smallest absolute Gasteiger partial charge is 0.280 e. The third-order valence-electron chi connectivity index (χ3n) is 4.64. The fourth-order valence-corrected chi connectivity index (χ4v) is 3.71. The van der Waals surface area contributed by atoms with E-state index in [0.29, 0.717) is 33.7 Å². The predicted molar refractivity (Wildman–Crippen MR) is 121 cm³/mol. The minimum absolute atomic E-state index is 0.183. The van der Waals surface area contributed by atoms with Crippen molar-refractivity contribution in [2.75, 3.05) is 11.6 Å². The Morgan fingerprint density at radius 2 is 1.76 bits per heavy atom. The molecule has 6 heteroatoms. The van der Waals surface area contributed by atoms with Gasteiger partial charge < -0.3 is 4.74 Å². The molecule has 0 fully saturated rings. The fraction of sp³-hybridized carbons (Fsp3) is 0.304. The molecule has 1 aliphatic rings. The lowest BCUT2D eigenvalue weighted by Crippen LogP contribution is -2.21. The number of carbonyl (C=O) groups excluding carboxylic acids is 1. The Kier molecular flexibility index (Phi) is 7.34. The van der Waals surface area contributed by atoms with E-state index in [1.807, 2.05) is 37.3 Å². The molecule has 0 radical (unpaired) electrons. The van der Waals surface area contributed by atoms with E-state index in [1.165, 1.54) is 17.9 Å². The van der Waals surface area contributed by atoms with Gasteiger partial charge in [0.25, 0.3) is 5.91 Å². The van der Waals surface area contributed by atoms with Gasteiger partial charge in [-0.2, -0.15) is 10.1 Å². The molecule has 0 atom stereocenters. The summed E-state index contributed by atoms with van der Waals surface area (Å²) in [5, 5.41) is 6.65. The van der Waals surface area contributed by atoms with Crippen LogP contribution in [0.3, 0.4) is 0 Å². The first-order valence-corrected chi connectivity index (χ1v) is 10.6. The molecule has 0 aliphatic carbocycles. The maximum atomic E-state index is 12.8. The van der Waals surface area contributed by atoms with E-state index >= 15 is 0 Å². The van der Waals surface area contributed by atoms with Gasteiger partial charge in [-0.1, -0.05) is 67.6 Å². The molecule has 0 spiro atoms. The van der Waals surface area contributed by atoms with Crippen LogP contribution in [0.25, 0.3) is 6.08 Å². The molecule has 2 aromatic rings. The van der Waals surface area contributed by atoms with Crippen LogP contribution in [0.5, 0.6) is 5.75 Å². The van der Waals surface area contributed by atoms with Gasteiger partial charge in [-0.25, -0.2) is 0 Å². The molecule has 1 aliphatic heterocycles. The Hall–Kier alpha value is -2.30. The quantitative estimate of drug-likeness (QED) is 0.342. The Morgan fingerprint density at radius 3 is 2.41 bits per heavy atom. The molecule has 1 amide bonds. The van der Waals surface area contributed by atoms with Gasteiger partial charge in [0.05, 0.1) is 33.6 Å². The third-order valence-corrected chi connectivity index (χ3v) is 5.20. The number of para-hydroxylation sites is 1. The zero-order chi connectivity index (χ0) is 20.8. The number of amides is 1. The highest BCUT2D eigenvalue weighted by molar-refractivity contribution is 6.37. The van der Waals surface area contributed by atoms with E-state index in [9.17, 15) is 4.79 Å². The Bertz CT molecular complexity index is 916. The first-order valence-electron chi connectivity index (χ1n) is 9.80. The summed E-state index contributed by atoms with van der Waals surface area (Å²) in [6, 6.07) is 12.8. The molecule has 3 rings (SSSR count). The van der Waals surface area contributed by atoms with E-state index in [2.05, 4.69) is 12.0 Å². The normalized spacial score (nSPS) is 15.2. The number of hydrazone groups is 1. The largest absolute Gasteiger partial charge is 0.490 e. The lowest BCUT2D eigenvalue weighted by Gasteiger charge is -2.12. The molecule has 152 valence electrons. The van der Waals surface area contributed by atoms with Crippen LogP contribution < -0.4 is 9.75 Å². The minimum atomic E-state index is -0.183. The molecule has 4 nitrogen and oxygen atoms in total. The van der Waals surface area contributed by atoms with Crippen molar-refractivity contribution in [3.05, 3.63) is 63.6 Å². The van der Waals surface area contributed by atoms with Crippen molar-refractivity contribution >= 4 is 46.6 Å². The Balaban J connectivity index is 1.77. The molecule has 1 heterocycles. The second-order valence-corrected chi connectivity index (χ2v) is 7.73. The number of unbranched alkanes of at least 4 members (excludes halogenated alkanes) is 3. The summed E-state index contributed by atoms with van der Waals surface area (Å²) in [5.74, 6) is 0.304. The Labute approximate surface area is 181 Å². The number of halogens is 2. The van der Waals surface area contributed by atoms with E-state index in [-0.39, 0.29) is 5.91 Å². The van der Waals surface area contributed by atoms with Crippen LogP contribution in [-0.2, 0) is 4.79 Å². The predicted octanol–water partition coefficient (Wildman–Crippen LogP) is 6.76. The maximum absolute atomic E-state index is 12.8. The maximum Gasteiger partial charge on any atom is 0.280 e. The number of carbonyl (C=O) groups is 1. The number of hydrogen-bond donors (Lipinski definition) is 0. The van der Waals surface area contributed by atoms with E-state index < -0.39 is 0 Å². The van der Waals surface area contributed by atoms with Crippen molar-refractivity contribution < 1.29 is 9.53 Å². The molecular weight excluding hydrogens is 407 g/mol. The van der Waals surface area contributed by atoms with Gasteiger partial charge in [0.2, 0.25) is 0 Å². The lowest BCUT2D eigenvalue weighted by molar-refractivity contribution is -0.114. The summed E-state index contributed by atoms with van der Waals surface area (Å²) in [6.45, 7) is 4.56. The number of benzene rings is 2. The second kappa shape index (κ2) is 9.95. The third kappa shape index (κ3) is 5.20. The minimum Gasteiger partial charge on any atom is -0.490 e. The molecule has 0 saturated heterocycles. The highest BCUT2D eigenvalue weighted by Crippen LogP contribution is 2.35. The molecule has 0 saturated carbocycles.